The highest BCUT2D eigenvalue weighted by atomic mass is 16.5. The number of aliphatic hydroxyl groups excluding tert-OH is 1. The van der Waals surface area contributed by atoms with Gasteiger partial charge in [0.2, 0.25) is 0 Å². The molecule has 0 saturated heterocycles. The van der Waals surface area contributed by atoms with Crippen LogP contribution in [0.1, 0.15) is 19.4 Å². The number of nitrogens with zero attached hydrogens (tertiary/aromatic N) is 2. The minimum absolute atomic E-state index is 0.131. The highest BCUT2D eigenvalue weighted by Crippen LogP contribution is 2.09. The molecule has 5 nitrogen and oxygen atoms in total. The van der Waals surface area contributed by atoms with E-state index in [4.69, 9.17) is 0 Å². The van der Waals surface area contributed by atoms with Gasteiger partial charge in [0.25, 0.3) is 0 Å². The first-order chi connectivity index (χ1) is 7.17. The first-order valence-electron chi connectivity index (χ1n) is 4.77. The molecule has 1 rings (SSSR count). The minimum atomic E-state index is -0.556. The molecule has 0 spiro atoms. The van der Waals surface area contributed by atoms with Crippen LogP contribution in [0.5, 0.6) is 0 Å². The van der Waals surface area contributed by atoms with Crippen LogP contribution < -0.4 is 0 Å². The number of carbonyl (C=O) groups excluding carboxylic acids is 1. The molecule has 0 radical (unpaired) electrons. The van der Waals surface area contributed by atoms with Gasteiger partial charge in [0, 0.05) is 12.7 Å². The Labute approximate surface area is 88.0 Å². The van der Waals surface area contributed by atoms with Crippen LogP contribution in [0.25, 0.3) is 5.76 Å². The third-order valence-corrected chi connectivity index (χ3v) is 1.79. The Morgan fingerprint density at radius 3 is 2.93 bits per heavy atom. The highest BCUT2D eigenvalue weighted by Gasteiger charge is 2.05. The topological polar surface area (TPSA) is 64.3 Å². The fourth-order valence-corrected chi connectivity index (χ4v) is 1.05. The average molecular weight is 210 g/mol. The van der Waals surface area contributed by atoms with Crippen molar-refractivity contribution in [1.82, 2.24) is 9.78 Å². The Balaban J connectivity index is 2.74. The Morgan fingerprint density at radius 1 is 1.67 bits per heavy atom. The van der Waals surface area contributed by atoms with Crippen LogP contribution in [0.15, 0.2) is 18.5 Å². The van der Waals surface area contributed by atoms with Crippen molar-refractivity contribution in [2.75, 3.05) is 6.61 Å². The maximum Gasteiger partial charge on any atom is 0.334 e. The quantitative estimate of drug-likeness (QED) is 0.463. The van der Waals surface area contributed by atoms with Crippen LogP contribution in [0.4, 0.5) is 0 Å². The number of rotatable bonds is 4. The molecule has 0 aromatic carbocycles. The molecule has 1 aromatic heterocycles. The molecule has 0 aliphatic carbocycles. The zero-order chi connectivity index (χ0) is 11.3. The smallest absolute Gasteiger partial charge is 0.334 e. The predicted octanol–water partition coefficient (Wildman–Crippen LogP) is 1.36. The van der Waals surface area contributed by atoms with Crippen molar-refractivity contribution in [2.45, 2.75) is 20.4 Å². The van der Waals surface area contributed by atoms with Gasteiger partial charge >= 0.3 is 5.97 Å². The second kappa shape index (κ2) is 5.19. The van der Waals surface area contributed by atoms with Crippen molar-refractivity contribution in [1.29, 1.82) is 0 Å². The molecule has 0 fully saturated rings. The van der Waals surface area contributed by atoms with E-state index in [1.165, 1.54) is 6.20 Å². The average Bonchev–Trinajstić information content (AvgIpc) is 2.66. The summed E-state index contributed by atoms with van der Waals surface area (Å²) >= 11 is 0. The maximum atomic E-state index is 11.0. The van der Waals surface area contributed by atoms with Gasteiger partial charge in [-0.3, -0.25) is 4.68 Å². The fourth-order valence-electron chi connectivity index (χ4n) is 1.05. The van der Waals surface area contributed by atoms with Crippen molar-refractivity contribution in [3.8, 4) is 0 Å². The second-order valence-electron chi connectivity index (χ2n) is 2.87. The van der Waals surface area contributed by atoms with Crippen molar-refractivity contribution >= 4 is 11.7 Å². The summed E-state index contributed by atoms with van der Waals surface area (Å²) < 4.78 is 6.32. The standard InChI is InChI=1S/C10H14N2O3/c1-3-12-7-8(6-11-12)9(13)5-10(14)15-4-2/h5-7,13H,3-4H2,1-2H3. The summed E-state index contributed by atoms with van der Waals surface area (Å²) in [6, 6.07) is 0. The molecule has 82 valence electrons. The number of hydrogen-bond donors (Lipinski definition) is 1. The monoisotopic (exact) mass is 210 g/mol. The third-order valence-electron chi connectivity index (χ3n) is 1.79. The van der Waals surface area contributed by atoms with Gasteiger partial charge in [-0.2, -0.15) is 5.10 Å². The van der Waals surface area contributed by atoms with Gasteiger partial charge < -0.3 is 9.84 Å². The highest BCUT2D eigenvalue weighted by molar-refractivity contribution is 5.89. The van der Waals surface area contributed by atoms with Crippen LogP contribution >= 0.6 is 0 Å². The van der Waals surface area contributed by atoms with E-state index in [-0.39, 0.29) is 12.4 Å². The van der Waals surface area contributed by atoms with E-state index in [9.17, 15) is 9.90 Å². The van der Waals surface area contributed by atoms with Gasteiger partial charge in [0.1, 0.15) is 5.76 Å². The van der Waals surface area contributed by atoms with Crippen LogP contribution in [0.3, 0.4) is 0 Å². The van der Waals surface area contributed by atoms with Crippen molar-refractivity contribution in [3.63, 3.8) is 0 Å². The number of aliphatic hydroxyl groups is 1. The molecule has 0 unspecified atom stereocenters. The molecule has 0 atom stereocenters. The molecule has 0 aliphatic rings. The number of aryl methyl sites for hydroxylation is 1. The molecular weight excluding hydrogens is 196 g/mol. The van der Waals surface area contributed by atoms with Crippen LogP contribution in [0.2, 0.25) is 0 Å². The van der Waals surface area contributed by atoms with E-state index in [1.807, 2.05) is 6.92 Å². The van der Waals surface area contributed by atoms with Gasteiger partial charge in [-0.15, -0.1) is 0 Å². The fraction of sp³-hybridized carbons (Fsp3) is 0.400. The lowest BCUT2D eigenvalue weighted by molar-refractivity contribution is -0.137. The van der Waals surface area contributed by atoms with E-state index in [0.717, 1.165) is 6.08 Å². The van der Waals surface area contributed by atoms with Gasteiger partial charge in [-0.25, -0.2) is 4.79 Å². The van der Waals surface area contributed by atoms with Crippen LogP contribution in [-0.4, -0.2) is 27.5 Å². The molecule has 0 aliphatic heterocycles. The summed E-state index contributed by atoms with van der Waals surface area (Å²) in [5.74, 6) is -0.688. The zero-order valence-corrected chi connectivity index (χ0v) is 8.80. The summed E-state index contributed by atoms with van der Waals surface area (Å²) in [5, 5.41) is 13.5. The van der Waals surface area contributed by atoms with Crippen molar-refractivity contribution in [3.05, 3.63) is 24.0 Å². The molecule has 1 heterocycles. The number of ether oxygens (including phenoxy) is 1. The normalized spacial score (nSPS) is 11.5. The van der Waals surface area contributed by atoms with Crippen LogP contribution in [-0.2, 0) is 16.1 Å². The summed E-state index contributed by atoms with van der Waals surface area (Å²) in [5.41, 5.74) is 0.505. The molecule has 0 saturated carbocycles. The summed E-state index contributed by atoms with van der Waals surface area (Å²) in [7, 11) is 0. The first kappa shape index (κ1) is 11.3. The summed E-state index contributed by atoms with van der Waals surface area (Å²) in [6.07, 6.45) is 4.19. The largest absolute Gasteiger partial charge is 0.507 e. The molecule has 0 amide bonds. The molecule has 1 N–H and O–H groups in total. The maximum absolute atomic E-state index is 11.0. The SMILES string of the molecule is CCOC(=O)C=C(O)c1cnn(CC)c1. The lowest BCUT2D eigenvalue weighted by atomic mass is 10.3. The number of aromatic nitrogens is 2. The first-order valence-corrected chi connectivity index (χ1v) is 4.77. The predicted molar refractivity (Wildman–Crippen MR) is 55.1 cm³/mol. The molecule has 0 bridgehead atoms. The lowest BCUT2D eigenvalue weighted by Crippen LogP contribution is -2.00. The number of hydrogen-bond acceptors (Lipinski definition) is 4. The van der Waals surface area contributed by atoms with Crippen molar-refractivity contribution < 1.29 is 14.6 Å². The van der Waals surface area contributed by atoms with Crippen molar-refractivity contribution in [2.24, 2.45) is 0 Å². The summed E-state index contributed by atoms with van der Waals surface area (Å²) in [4.78, 5) is 11.0. The van der Waals surface area contributed by atoms with Crippen LogP contribution in [0, 0.1) is 0 Å². The molecule has 15 heavy (non-hydrogen) atoms. The van der Waals surface area contributed by atoms with E-state index < -0.39 is 5.97 Å². The molecular formula is C10H14N2O3. The zero-order valence-electron chi connectivity index (χ0n) is 8.80. The Hall–Kier alpha value is -1.78. The van der Waals surface area contributed by atoms with Gasteiger partial charge in [-0.1, -0.05) is 0 Å². The van der Waals surface area contributed by atoms with E-state index in [0.29, 0.717) is 12.1 Å². The summed E-state index contributed by atoms with van der Waals surface area (Å²) in [6.45, 7) is 4.64. The second-order valence-corrected chi connectivity index (χ2v) is 2.87. The van der Waals surface area contributed by atoms with E-state index in [2.05, 4.69) is 9.84 Å². The number of esters is 1. The van der Waals surface area contributed by atoms with Gasteiger partial charge in [0.05, 0.1) is 24.4 Å². The van der Waals surface area contributed by atoms with E-state index >= 15 is 0 Å². The Kier molecular flexibility index (Phi) is 3.91. The Morgan fingerprint density at radius 2 is 2.40 bits per heavy atom. The van der Waals surface area contributed by atoms with E-state index in [1.54, 1.807) is 17.8 Å². The lowest BCUT2D eigenvalue weighted by Gasteiger charge is -1.97. The Bertz CT molecular complexity index is 368. The third kappa shape index (κ3) is 3.12. The van der Waals surface area contributed by atoms with Gasteiger partial charge in [-0.05, 0) is 13.8 Å². The molecule has 5 heteroatoms. The molecule has 1 aromatic rings. The van der Waals surface area contributed by atoms with Gasteiger partial charge in [0.15, 0.2) is 0 Å². The minimum Gasteiger partial charge on any atom is -0.507 e. The number of carbonyl (C=O) groups is 1.